The predicted octanol–water partition coefficient (Wildman–Crippen LogP) is 7.29. The zero-order valence-corrected chi connectivity index (χ0v) is 39.0. The normalized spacial score (nSPS) is 48.8. The minimum atomic E-state index is -0.304. The summed E-state index contributed by atoms with van der Waals surface area (Å²) >= 11 is 0. The molecule has 0 radical (unpaired) electrons. The van der Waals surface area contributed by atoms with E-state index < -0.39 is 0 Å². The monoisotopic (exact) mass is 854 g/mol. The van der Waals surface area contributed by atoms with Crippen LogP contribution in [0, 0.1) is 92.7 Å². The Balaban J connectivity index is 0.747. The third-order valence-electron chi connectivity index (χ3n) is 21.6. The van der Waals surface area contributed by atoms with Crippen LogP contribution in [0.2, 0.25) is 0 Å². The molecule has 8 saturated carbocycles. The van der Waals surface area contributed by atoms with E-state index >= 15 is 0 Å². The fourth-order valence-electron chi connectivity index (χ4n) is 18.5. The van der Waals surface area contributed by atoms with Gasteiger partial charge in [-0.05, 0) is 208 Å². The lowest BCUT2D eigenvalue weighted by atomic mass is 9.46. The maximum absolute atomic E-state index is 13.3. The number of hydrogen-bond acceptors (Lipinski definition) is 8. The van der Waals surface area contributed by atoms with E-state index in [0.29, 0.717) is 90.9 Å². The van der Waals surface area contributed by atoms with Gasteiger partial charge < -0.3 is 35.9 Å². The summed E-state index contributed by atoms with van der Waals surface area (Å²) in [6.45, 7) is 15.3. The molecule has 61 heavy (non-hydrogen) atoms. The summed E-state index contributed by atoms with van der Waals surface area (Å²) in [5.41, 5.74) is 0.674. The van der Waals surface area contributed by atoms with Crippen LogP contribution in [0.3, 0.4) is 0 Å². The van der Waals surface area contributed by atoms with Gasteiger partial charge in [-0.15, -0.1) is 0 Å². The van der Waals surface area contributed by atoms with Crippen LogP contribution < -0.4 is 16.5 Å². The summed E-state index contributed by atoms with van der Waals surface area (Å²) < 4.78 is 0. The van der Waals surface area contributed by atoms with Crippen molar-refractivity contribution in [2.45, 2.75) is 200 Å². The Morgan fingerprint density at radius 1 is 0.656 bits per heavy atom. The maximum atomic E-state index is 13.3. The smallest absolute Gasteiger partial charge is 0.220 e. The van der Waals surface area contributed by atoms with E-state index in [4.69, 9.17) is 10.7 Å². The van der Waals surface area contributed by atoms with Gasteiger partial charge in [0.25, 0.3) is 0 Å². The van der Waals surface area contributed by atoms with Crippen molar-refractivity contribution in [2.24, 2.45) is 98.6 Å². The van der Waals surface area contributed by atoms with E-state index in [1.165, 1.54) is 32.1 Å². The van der Waals surface area contributed by atoms with Crippen molar-refractivity contribution in [2.75, 3.05) is 13.2 Å². The Morgan fingerprint density at radius 2 is 1.23 bits per heavy atom. The lowest BCUT2D eigenvalue weighted by Crippen LogP contribution is -2.56. The second-order valence-electron chi connectivity index (χ2n) is 24.3. The number of aliphatic hydroxyl groups is 4. The lowest BCUT2D eigenvalue weighted by Gasteiger charge is -2.59. The molecule has 0 aromatic carbocycles. The highest BCUT2D eigenvalue weighted by molar-refractivity contribution is 5.76. The number of rotatable bonds is 15. The average molecular weight is 854 g/mol. The molecule has 348 valence electrons. The average Bonchev–Trinajstić information content (AvgIpc) is 3.91. The zero-order chi connectivity index (χ0) is 43.6. The summed E-state index contributed by atoms with van der Waals surface area (Å²) in [6, 6.07) is -0.207. The van der Waals surface area contributed by atoms with E-state index in [0.717, 1.165) is 77.0 Å². The molecular weight excluding hydrogens is 767 g/mol. The van der Waals surface area contributed by atoms with E-state index in [9.17, 15) is 30.0 Å². The molecule has 8 N–H and O–H groups in total. The second kappa shape index (κ2) is 17.8. The molecule has 0 aromatic rings. The minimum Gasteiger partial charge on any atom is -0.393 e. The molecule has 0 aromatic heterocycles. The third kappa shape index (κ3) is 8.20. The van der Waals surface area contributed by atoms with Gasteiger partial charge in [0.15, 0.2) is 0 Å². The van der Waals surface area contributed by atoms with Gasteiger partial charge in [-0.1, -0.05) is 41.5 Å². The summed E-state index contributed by atoms with van der Waals surface area (Å²) in [6.07, 6.45) is 17.6. The SMILES string of the molecule is CC(CCC(=O)NC(CCCNC(=O)CCC(C)C1CCC2C3C(O)C4CC(O)CCC4(C)C3CCC12C)CON)C1CCC2C3C(O)CC4CC(O)CC4(C)C3CCC12C. The first-order chi connectivity index (χ1) is 28.9. The Hall–Kier alpha value is -1.30. The molecule has 8 aliphatic carbocycles. The second-order valence-corrected chi connectivity index (χ2v) is 24.3. The number of amides is 2. The Kier molecular flexibility index (Phi) is 13.5. The van der Waals surface area contributed by atoms with Crippen LogP contribution in [0.15, 0.2) is 0 Å². The molecule has 10 nitrogen and oxygen atoms in total. The molecule has 0 bridgehead atoms. The quantitative estimate of drug-likeness (QED) is 0.0665. The van der Waals surface area contributed by atoms with Crippen LogP contribution in [0.5, 0.6) is 0 Å². The van der Waals surface area contributed by atoms with Gasteiger partial charge in [-0.2, -0.15) is 0 Å². The van der Waals surface area contributed by atoms with Crippen LogP contribution in [-0.2, 0) is 14.4 Å². The first kappa shape index (κ1) is 46.2. The Labute approximate surface area is 368 Å². The number of nitrogens with two attached hydrogens (primary N) is 1. The summed E-state index contributed by atoms with van der Waals surface area (Å²) in [7, 11) is 0. The van der Waals surface area contributed by atoms with Gasteiger partial charge in [-0.25, -0.2) is 5.90 Å². The van der Waals surface area contributed by atoms with Crippen molar-refractivity contribution >= 4 is 11.8 Å². The van der Waals surface area contributed by atoms with E-state index in [2.05, 4.69) is 52.2 Å². The van der Waals surface area contributed by atoms with E-state index in [1.54, 1.807) is 0 Å². The zero-order valence-electron chi connectivity index (χ0n) is 39.0. The molecule has 8 fully saturated rings. The van der Waals surface area contributed by atoms with Gasteiger partial charge in [0, 0.05) is 19.4 Å². The molecule has 21 atom stereocenters. The maximum Gasteiger partial charge on any atom is 0.220 e. The molecule has 21 unspecified atom stereocenters. The molecular formula is C51H87N3O7. The van der Waals surface area contributed by atoms with Crippen LogP contribution in [0.1, 0.15) is 170 Å². The van der Waals surface area contributed by atoms with Gasteiger partial charge in [0.05, 0.1) is 37.1 Å². The molecule has 8 rings (SSSR count). The minimum absolute atomic E-state index is 0.0296. The molecule has 0 saturated heterocycles. The van der Waals surface area contributed by atoms with Crippen LogP contribution in [0.25, 0.3) is 0 Å². The van der Waals surface area contributed by atoms with Crippen molar-refractivity contribution < 1.29 is 34.9 Å². The lowest BCUT2D eigenvalue weighted by molar-refractivity contribution is -0.146. The number of carbonyl (C=O) groups is 2. The highest BCUT2D eigenvalue weighted by Gasteiger charge is 2.67. The van der Waals surface area contributed by atoms with Crippen LogP contribution >= 0.6 is 0 Å². The van der Waals surface area contributed by atoms with Crippen molar-refractivity contribution in [1.29, 1.82) is 0 Å². The summed E-state index contributed by atoms with van der Waals surface area (Å²) in [5.74, 6) is 11.0. The number of nitrogens with one attached hydrogen (secondary N) is 2. The largest absolute Gasteiger partial charge is 0.393 e. The van der Waals surface area contributed by atoms with Crippen LogP contribution in [-0.4, -0.2) is 75.8 Å². The van der Waals surface area contributed by atoms with Crippen molar-refractivity contribution in [3.8, 4) is 0 Å². The van der Waals surface area contributed by atoms with E-state index in [1.807, 2.05) is 0 Å². The highest BCUT2D eigenvalue weighted by Crippen LogP contribution is 2.71. The third-order valence-corrected chi connectivity index (χ3v) is 21.6. The summed E-state index contributed by atoms with van der Waals surface area (Å²) in [5, 5.41) is 50.7. The first-order valence-electron chi connectivity index (χ1n) is 25.5. The predicted molar refractivity (Wildman–Crippen MR) is 237 cm³/mol. The number of fused-ring (bicyclic) bond motifs is 10. The van der Waals surface area contributed by atoms with Gasteiger partial charge in [-0.3, -0.25) is 9.59 Å². The Bertz CT molecular complexity index is 1560. The van der Waals surface area contributed by atoms with Gasteiger partial charge >= 0.3 is 0 Å². The Morgan fingerprint density at radius 3 is 1.87 bits per heavy atom. The number of hydrogen-bond donors (Lipinski definition) is 7. The molecule has 2 amide bonds. The molecule has 0 heterocycles. The standard InChI is InChI=1S/C51H87N3O7/c1-29(36-12-14-38-46-40(19-22-49(36,38)4)50(5)20-17-33(55)26-41(50)47(46)60)9-15-43(58)53-23-7-8-32(28-61-52)54-44(59)16-10-30(2)35-11-13-37-45-39(18-21-48(35,37)3)51(6)27-34(56)24-31(51)25-42(45)57/h29-42,45-47,55-57,60H,7-28,52H2,1-6H3,(H,53,58)(H,54,59). The molecule has 10 heteroatoms. The molecule has 8 aliphatic rings. The van der Waals surface area contributed by atoms with Gasteiger partial charge in [0.2, 0.25) is 11.8 Å². The van der Waals surface area contributed by atoms with Crippen molar-refractivity contribution in [3.63, 3.8) is 0 Å². The molecule has 0 spiro atoms. The number of aliphatic hydroxyl groups excluding tert-OH is 4. The highest BCUT2D eigenvalue weighted by atomic mass is 16.6. The number of carbonyl (C=O) groups excluding carboxylic acids is 2. The molecule has 0 aliphatic heterocycles. The van der Waals surface area contributed by atoms with Crippen molar-refractivity contribution in [3.05, 3.63) is 0 Å². The summed E-state index contributed by atoms with van der Waals surface area (Å²) in [4.78, 5) is 31.4. The first-order valence-corrected chi connectivity index (χ1v) is 25.5. The fraction of sp³-hybridized carbons (Fsp3) is 0.961. The van der Waals surface area contributed by atoms with Gasteiger partial charge in [0.1, 0.15) is 0 Å². The van der Waals surface area contributed by atoms with Crippen LogP contribution in [0.4, 0.5) is 0 Å². The van der Waals surface area contributed by atoms with E-state index in [-0.39, 0.29) is 76.5 Å². The topological polar surface area (TPSA) is 174 Å². The van der Waals surface area contributed by atoms with Crippen molar-refractivity contribution in [1.82, 2.24) is 10.6 Å². The fourth-order valence-corrected chi connectivity index (χ4v) is 18.5.